The van der Waals surface area contributed by atoms with Gasteiger partial charge in [0, 0.05) is 16.8 Å². The van der Waals surface area contributed by atoms with Gasteiger partial charge < -0.3 is 5.32 Å². The van der Waals surface area contributed by atoms with Crippen LogP contribution in [0.15, 0.2) is 29.8 Å². The quantitative estimate of drug-likeness (QED) is 0.672. The van der Waals surface area contributed by atoms with Gasteiger partial charge in [-0.25, -0.2) is 0 Å². The van der Waals surface area contributed by atoms with Crippen molar-refractivity contribution >= 4 is 23.1 Å². The van der Waals surface area contributed by atoms with Crippen molar-refractivity contribution in [1.29, 1.82) is 0 Å². The molecule has 4 heteroatoms. The number of benzene rings is 1. The molecule has 1 aromatic rings. The smallest absolute Gasteiger partial charge is 0.254 e. The van der Waals surface area contributed by atoms with Crippen LogP contribution >= 0.6 is 0 Å². The van der Waals surface area contributed by atoms with E-state index in [1.165, 1.54) is 0 Å². The van der Waals surface area contributed by atoms with Crippen LogP contribution in [-0.2, 0) is 9.59 Å². The number of nitrogens with one attached hydrogen (secondary N) is 2. The van der Waals surface area contributed by atoms with Crippen LogP contribution in [-0.4, -0.2) is 17.9 Å². The molecule has 90 valence electrons. The highest BCUT2D eigenvalue weighted by atomic mass is 16.2. The highest BCUT2D eigenvalue weighted by molar-refractivity contribution is 6.20. The molecule has 1 aliphatic carbocycles. The Bertz CT molecular complexity index is 618. The Labute approximate surface area is 104 Å². The van der Waals surface area contributed by atoms with Gasteiger partial charge in [-0.15, -0.1) is 0 Å². The van der Waals surface area contributed by atoms with Crippen LogP contribution in [0.3, 0.4) is 0 Å². The van der Waals surface area contributed by atoms with Crippen molar-refractivity contribution in [3.8, 4) is 0 Å². The Kier molecular flexibility index (Phi) is 1.77. The van der Waals surface area contributed by atoms with Crippen LogP contribution in [0.4, 0.5) is 5.69 Å². The number of carbonyl (C=O) groups is 2. The van der Waals surface area contributed by atoms with Gasteiger partial charge in [-0.3, -0.25) is 14.9 Å². The fraction of sp³-hybridized carbons (Fsp3) is 0.286. The van der Waals surface area contributed by atoms with Crippen LogP contribution in [0.5, 0.6) is 0 Å². The number of rotatable bonds is 0. The van der Waals surface area contributed by atoms with Gasteiger partial charge in [-0.1, -0.05) is 18.2 Å². The molecule has 1 aromatic carbocycles. The Morgan fingerprint density at radius 2 is 1.89 bits per heavy atom. The van der Waals surface area contributed by atoms with Crippen LogP contribution in [0.2, 0.25) is 0 Å². The van der Waals surface area contributed by atoms with E-state index in [9.17, 15) is 9.59 Å². The summed E-state index contributed by atoms with van der Waals surface area (Å²) in [4.78, 5) is 23.7. The molecule has 0 saturated carbocycles. The normalized spacial score (nSPS) is 28.4. The minimum atomic E-state index is -0.239. The number of amides is 2. The zero-order valence-corrected chi connectivity index (χ0v) is 9.69. The predicted octanol–water partition coefficient (Wildman–Crippen LogP) is 1.30. The average molecular weight is 240 g/mol. The number of anilines is 1. The second-order valence-electron chi connectivity index (χ2n) is 5.02. The topological polar surface area (TPSA) is 58.2 Å². The standard InChI is InChI=1S/C14H12N2O2/c17-13-8-5-6-10-11(12(8)14(18)16-13)7-3-1-2-4-9(7)15-10/h1-4,8,10,15H,5-6H2,(H,16,17,18). The molecule has 2 aliphatic heterocycles. The highest BCUT2D eigenvalue weighted by Gasteiger charge is 2.45. The van der Waals surface area contributed by atoms with E-state index in [0.29, 0.717) is 5.57 Å². The molecule has 4 nitrogen and oxygen atoms in total. The Morgan fingerprint density at radius 1 is 1.06 bits per heavy atom. The first kappa shape index (κ1) is 9.88. The maximum absolute atomic E-state index is 12.0. The van der Waals surface area contributed by atoms with E-state index in [0.717, 1.165) is 29.7 Å². The minimum Gasteiger partial charge on any atom is -0.378 e. The first-order chi connectivity index (χ1) is 8.75. The molecule has 18 heavy (non-hydrogen) atoms. The Hall–Kier alpha value is -2.10. The summed E-state index contributed by atoms with van der Waals surface area (Å²) in [5.41, 5.74) is 3.86. The number of hydrogen-bond acceptors (Lipinski definition) is 3. The number of imide groups is 1. The summed E-state index contributed by atoms with van der Waals surface area (Å²) < 4.78 is 0. The molecule has 2 N–H and O–H groups in total. The van der Waals surface area contributed by atoms with Crippen LogP contribution < -0.4 is 10.6 Å². The summed E-state index contributed by atoms with van der Waals surface area (Å²) in [6.45, 7) is 0. The van der Waals surface area contributed by atoms with Crippen LogP contribution in [0, 0.1) is 5.92 Å². The molecule has 2 atom stereocenters. The zero-order chi connectivity index (χ0) is 12.3. The van der Waals surface area contributed by atoms with Crippen molar-refractivity contribution in [3.05, 3.63) is 35.4 Å². The van der Waals surface area contributed by atoms with Gasteiger partial charge >= 0.3 is 0 Å². The zero-order valence-electron chi connectivity index (χ0n) is 9.69. The van der Waals surface area contributed by atoms with Gasteiger partial charge in [0.15, 0.2) is 0 Å². The minimum absolute atomic E-state index is 0.134. The third-order valence-electron chi connectivity index (χ3n) is 4.08. The lowest BCUT2D eigenvalue weighted by atomic mass is 9.80. The SMILES string of the molecule is O=C1NC(=O)C2CCC3Nc4ccccc4C3=C12. The number of fused-ring (bicyclic) bond motifs is 4. The van der Waals surface area contributed by atoms with Crippen LogP contribution in [0.25, 0.3) is 5.57 Å². The van der Waals surface area contributed by atoms with E-state index in [-0.39, 0.29) is 23.8 Å². The molecule has 0 spiro atoms. The number of carbonyl (C=O) groups excluding carboxylic acids is 2. The van der Waals surface area contributed by atoms with Gasteiger partial charge in [0.05, 0.1) is 12.0 Å². The average Bonchev–Trinajstić information content (AvgIpc) is 2.87. The van der Waals surface area contributed by atoms with Crippen molar-refractivity contribution in [2.45, 2.75) is 18.9 Å². The highest BCUT2D eigenvalue weighted by Crippen LogP contribution is 2.46. The number of hydrogen-bond donors (Lipinski definition) is 2. The van der Waals surface area contributed by atoms with Gasteiger partial charge in [0.1, 0.15) is 0 Å². The third-order valence-corrected chi connectivity index (χ3v) is 4.08. The van der Waals surface area contributed by atoms with Gasteiger partial charge in [-0.05, 0) is 24.5 Å². The van der Waals surface area contributed by atoms with E-state index >= 15 is 0 Å². The lowest BCUT2D eigenvalue weighted by molar-refractivity contribution is -0.125. The molecule has 2 amide bonds. The molecule has 0 bridgehead atoms. The van der Waals surface area contributed by atoms with Crippen molar-refractivity contribution in [3.63, 3.8) is 0 Å². The van der Waals surface area contributed by atoms with Gasteiger partial charge in [0.2, 0.25) is 5.91 Å². The van der Waals surface area contributed by atoms with Gasteiger partial charge in [-0.2, -0.15) is 0 Å². The molecule has 1 fully saturated rings. The summed E-state index contributed by atoms with van der Waals surface area (Å²) in [5.74, 6) is -0.578. The molecular weight excluding hydrogens is 228 g/mol. The molecule has 1 saturated heterocycles. The maximum atomic E-state index is 12.0. The Morgan fingerprint density at radius 3 is 2.78 bits per heavy atom. The number of para-hydroxylation sites is 1. The lowest BCUT2D eigenvalue weighted by Gasteiger charge is -2.23. The maximum Gasteiger partial charge on any atom is 0.254 e. The summed E-state index contributed by atoms with van der Waals surface area (Å²) in [7, 11) is 0. The molecular formula is C14H12N2O2. The van der Waals surface area contributed by atoms with E-state index in [4.69, 9.17) is 0 Å². The fourth-order valence-electron chi connectivity index (χ4n) is 3.32. The van der Waals surface area contributed by atoms with Crippen molar-refractivity contribution in [2.75, 3.05) is 5.32 Å². The second-order valence-corrected chi connectivity index (χ2v) is 5.02. The lowest BCUT2D eigenvalue weighted by Crippen LogP contribution is -2.26. The third kappa shape index (κ3) is 1.10. The molecule has 0 aromatic heterocycles. The summed E-state index contributed by atoms with van der Waals surface area (Å²) in [6.07, 6.45) is 1.65. The van der Waals surface area contributed by atoms with Crippen LogP contribution in [0.1, 0.15) is 18.4 Å². The van der Waals surface area contributed by atoms with Crippen molar-refractivity contribution in [1.82, 2.24) is 5.32 Å². The molecule has 2 unspecified atom stereocenters. The fourth-order valence-corrected chi connectivity index (χ4v) is 3.32. The van der Waals surface area contributed by atoms with E-state index in [1.54, 1.807) is 0 Å². The van der Waals surface area contributed by atoms with E-state index < -0.39 is 0 Å². The van der Waals surface area contributed by atoms with Crippen molar-refractivity contribution < 1.29 is 9.59 Å². The molecule has 4 rings (SSSR count). The largest absolute Gasteiger partial charge is 0.378 e. The molecule has 2 heterocycles. The molecule has 0 radical (unpaired) electrons. The van der Waals surface area contributed by atoms with Gasteiger partial charge in [0.25, 0.3) is 5.91 Å². The first-order valence-corrected chi connectivity index (χ1v) is 6.21. The van der Waals surface area contributed by atoms with Crippen molar-refractivity contribution in [2.24, 2.45) is 5.92 Å². The summed E-state index contributed by atoms with van der Waals surface area (Å²) >= 11 is 0. The van der Waals surface area contributed by atoms with E-state index in [1.807, 2.05) is 24.3 Å². The summed E-state index contributed by atoms with van der Waals surface area (Å²) in [5, 5.41) is 5.87. The molecule has 3 aliphatic rings. The van der Waals surface area contributed by atoms with E-state index in [2.05, 4.69) is 10.6 Å². The monoisotopic (exact) mass is 240 g/mol. The first-order valence-electron chi connectivity index (χ1n) is 6.21. The predicted molar refractivity (Wildman–Crippen MR) is 66.6 cm³/mol. The Balaban J connectivity index is 1.98. The second kappa shape index (κ2) is 3.22. The summed E-state index contributed by atoms with van der Waals surface area (Å²) in [6, 6.07) is 8.17.